The molecule has 0 saturated heterocycles. The molecule has 0 aromatic heterocycles. The van der Waals surface area contributed by atoms with E-state index in [1.165, 1.54) is 75.9 Å². The van der Waals surface area contributed by atoms with Crippen LogP contribution in [0.15, 0.2) is 127 Å². The van der Waals surface area contributed by atoms with Crippen molar-refractivity contribution < 1.29 is 20.8 Å². The fourth-order valence-corrected chi connectivity index (χ4v) is 4.63. The quantitative estimate of drug-likeness (QED) is 0.120. The third-order valence-corrected chi connectivity index (χ3v) is 6.59. The minimum absolute atomic E-state index is 0.826. The first-order valence-electron chi connectivity index (χ1n) is 15.0. The van der Waals surface area contributed by atoms with Gasteiger partial charge in [-0.1, -0.05) is 81.7 Å². The fraction of sp³-hybridized carbons (Fsp3) is 0.231. The molecule has 0 unspecified atom stereocenters. The maximum atomic E-state index is 4.93. The van der Waals surface area contributed by atoms with Crippen molar-refractivity contribution in [3.8, 4) is 11.1 Å². The van der Waals surface area contributed by atoms with Crippen molar-refractivity contribution in [1.82, 2.24) is 0 Å². The average molecular weight is 702 g/mol. The molecule has 4 heteroatoms. The molecule has 6 aromatic carbocycles. The number of aryl methyl sites for hydroxylation is 2. The van der Waals surface area contributed by atoms with Gasteiger partial charge in [-0.15, -0.1) is 64.2 Å². The Hall–Kier alpha value is -2.22. The summed E-state index contributed by atoms with van der Waals surface area (Å²) in [4.78, 5) is 0. The maximum absolute atomic E-state index is 4.93. The molecular weight excluding hydrogens is 659 g/mol. The molecule has 43 heavy (non-hydrogen) atoms. The van der Waals surface area contributed by atoms with Crippen molar-refractivity contribution in [2.75, 3.05) is 0 Å². The van der Waals surface area contributed by atoms with Crippen LogP contribution in [0.5, 0.6) is 0 Å². The molecule has 0 heterocycles. The molecule has 0 fully saturated rings. The van der Waals surface area contributed by atoms with Gasteiger partial charge in [0.1, 0.15) is 0 Å². The summed E-state index contributed by atoms with van der Waals surface area (Å²) in [6.45, 7) is 8.80. The number of hydrogen-bond donors (Lipinski definition) is 0. The largest absolute Gasteiger partial charge is 0.184 e. The van der Waals surface area contributed by atoms with Crippen molar-refractivity contribution in [3.05, 3.63) is 145 Å². The Bertz CT molecular complexity index is 1440. The molecule has 0 nitrogen and oxygen atoms in total. The normalized spacial score (nSPS) is 9.72. The summed E-state index contributed by atoms with van der Waals surface area (Å²) in [5.41, 5.74) is 5.61. The molecule has 0 aliphatic rings. The van der Waals surface area contributed by atoms with E-state index in [4.69, 9.17) is 17.0 Å². The van der Waals surface area contributed by atoms with Crippen LogP contribution in [0.3, 0.4) is 0 Å². The predicted octanol–water partition coefficient (Wildman–Crippen LogP) is 12.7. The molecule has 0 saturated carbocycles. The molecule has 0 bridgehead atoms. The Morgan fingerprint density at radius 3 is 2.00 bits per heavy atom. The molecule has 6 aromatic rings. The summed E-state index contributed by atoms with van der Waals surface area (Å²) in [7, 11) is 11.0. The zero-order chi connectivity index (χ0) is 31.1. The monoisotopic (exact) mass is 699 g/mol. The Kier molecular flexibility index (Phi) is 19.9. The molecule has 2 radical (unpaired) electrons. The first kappa shape index (κ1) is 37.0. The van der Waals surface area contributed by atoms with Crippen molar-refractivity contribution in [2.45, 2.75) is 59.0 Å². The van der Waals surface area contributed by atoms with Crippen LogP contribution in [0.4, 0.5) is 0 Å². The maximum Gasteiger partial charge on any atom is -0.0809 e. The van der Waals surface area contributed by atoms with E-state index in [1.54, 1.807) is 0 Å². The van der Waals surface area contributed by atoms with Gasteiger partial charge in [0, 0.05) is 9.52 Å². The van der Waals surface area contributed by atoms with Gasteiger partial charge < -0.3 is 0 Å². The van der Waals surface area contributed by atoms with Gasteiger partial charge in [-0.25, -0.2) is 0 Å². The SMILES string of the molecule is CCCCc1ccc(-c2cccc3[cH-]c(CCC)cc23)cc1.C[Si]C.[Cl][Zr][Cl].[c-]1ccccc1.c1ccc2[cH-]ccc2c1. The van der Waals surface area contributed by atoms with Crippen LogP contribution >= 0.6 is 17.0 Å². The molecule has 0 aliphatic carbocycles. The molecule has 224 valence electrons. The van der Waals surface area contributed by atoms with Crippen LogP contribution < -0.4 is 0 Å². The summed E-state index contributed by atoms with van der Waals surface area (Å²) in [6.07, 6.45) is 6.10. The second kappa shape index (κ2) is 23.2. The van der Waals surface area contributed by atoms with Gasteiger partial charge in [0.2, 0.25) is 0 Å². The number of hydrogen-bond acceptors (Lipinski definition) is 0. The van der Waals surface area contributed by atoms with Gasteiger partial charge >= 0.3 is 37.9 Å². The van der Waals surface area contributed by atoms with E-state index in [0.717, 1.165) is 9.52 Å². The number of rotatable bonds is 6. The van der Waals surface area contributed by atoms with Gasteiger partial charge in [0.15, 0.2) is 0 Å². The van der Waals surface area contributed by atoms with E-state index in [-0.39, 0.29) is 0 Å². The third-order valence-electron chi connectivity index (χ3n) is 6.59. The number of fused-ring (bicyclic) bond motifs is 2. The van der Waals surface area contributed by atoms with E-state index in [9.17, 15) is 0 Å². The van der Waals surface area contributed by atoms with E-state index in [1.807, 2.05) is 30.3 Å². The third kappa shape index (κ3) is 14.0. The molecule has 6 rings (SSSR count). The Balaban J connectivity index is 0.000000249. The van der Waals surface area contributed by atoms with Crippen LogP contribution in [0, 0.1) is 6.07 Å². The summed E-state index contributed by atoms with van der Waals surface area (Å²) in [5.74, 6) is 0. The van der Waals surface area contributed by atoms with Crippen molar-refractivity contribution in [2.24, 2.45) is 0 Å². The Morgan fingerprint density at radius 2 is 1.42 bits per heavy atom. The van der Waals surface area contributed by atoms with Gasteiger partial charge in [-0.2, -0.15) is 60.0 Å². The van der Waals surface area contributed by atoms with Gasteiger partial charge in [-0.05, 0) is 30.4 Å². The zero-order valence-electron chi connectivity index (χ0n) is 25.9. The summed E-state index contributed by atoms with van der Waals surface area (Å²) >= 11 is -0.826. The minimum Gasteiger partial charge on any atom is -0.184 e. The summed E-state index contributed by atoms with van der Waals surface area (Å²) in [6, 6.07) is 47.7. The summed E-state index contributed by atoms with van der Waals surface area (Å²) in [5, 5.41) is 5.43. The number of benzene rings is 4. The van der Waals surface area contributed by atoms with Gasteiger partial charge in [-0.3, -0.25) is 0 Å². The second-order valence-corrected chi connectivity index (χ2v) is 14.8. The van der Waals surface area contributed by atoms with Crippen LogP contribution in [0.2, 0.25) is 13.1 Å². The standard InChI is InChI=1S/C22H25.C9H7.C6H5.C2H6Si.2ClH.Zr/c1-3-5-8-17-11-13-19(14-12-17)21-10-6-9-20-15-18(7-4-2)16-22(20)21;1-2-5-9-7-3-6-8(9)4-1;1-2-4-6-5-3-1;1-3-2;;;/h6,9-16H,3-5,7-8H2,1-2H3;1-7H;1-5H;1-2H3;2*1H;/q3*-1;;;;+2/p-2. The van der Waals surface area contributed by atoms with E-state index < -0.39 is 20.8 Å². The average Bonchev–Trinajstić information content (AvgIpc) is 3.70. The van der Waals surface area contributed by atoms with Crippen LogP contribution in [-0.2, 0) is 33.7 Å². The van der Waals surface area contributed by atoms with Gasteiger partial charge in [0.25, 0.3) is 0 Å². The first-order valence-corrected chi connectivity index (χ1v) is 23.3. The molecule has 0 aliphatic heterocycles. The molecular formula is C39H43Cl2SiZr-3. The van der Waals surface area contributed by atoms with Crippen LogP contribution in [0.1, 0.15) is 44.2 Å². The van der Waals surface area contributed by atoms with E-state index in [0.29, 0.717) is 0 Å². The zero-order valence-corrected chi connectivity index (χ0v) is 30.9. The van der Waals surface area contributed by atoms with Gasteiger partial charge in [0.05, 0.1) is 0 Å². The summed E-state index contributed by atoms with van der Waals surface area (Å²) < 4.78 is 0. The molecule has 0 amide bonds. The first-order chi connectivity index (χ1) is 21.1. The predicted molar refractivity (Wildman–Crippen MR) is 192 cm³/mol. The molecule has 0 atom stereocenters. The number of unbranched alkanes of at least 4 members (excludes halogenated alkanes) is 1. The smallest absolute Gasteiger partial charge is 0.0809 e. The van der Waals surface area contributed by atoms with Crippen molar-refractivity contribution >= 4 is 48.1 Å². The van der Waals surface area contributed by atoms with Crippen LogP contribution in [0.25, 0.3) is 32.7 Å². The fourth-order valence-electron chi connectivity index (χ4n) is 4.63. The second-order valence-electron chi connectivity index (χ2n) is 10.0. The molecule has 0 N–H and O–H groups in total. The van der Waals surface area contributed by atoms with E-state index >= 15 is 0 Å². The van der Waals surface area contributed by atoms with Crippen molar-refractivity contribution in [1.29, 1.82) is 0 Å². The Labute approximate surface area is 281 Å². The number of halogens is 2. The van der Waals surface area contributed by atoms with Crippen molar-refractivity contribution in [3.63, 3.8) is 0 Å². The van der Waals surface area contributed by atoms with E-state index in [2.05, 4.69) is 130 Å². The topological polar surface area (TPSA) is 0 Å². The minimum atomic E-state index is -0.826. The van der Waals surface area contributed by atoms with Crippen LogP contribution in [-0.4, -0.2) is 9.52 Å². The molecule has 0 spiro atoms. The Morgan fingerprint density at radius 1 is 0.744 bits per heavy atom.